The maximum atomic E-state index is 11.9. The lowest BCUT2D eigenvalue weighted by molar-refractivity contribution is -0.126. The molecule has 8 nitrogen and oxygen atoms in total. The minimum atomic E-state index is -0.0225. The molecule has 1 fully saturated rings. The number of hydrogen-bond acceptors (Lipinski definition) is 7. The van der Waals surface area contributed by atoms with Crippen molar-refractivity contribution in [1.82, 2.24) is 19.9 Å². The Hall–Kier alpha value is -4.46. The number of rotatable bonds is 6. The van der Waals surface area contributed by atoms with Crippen LogP contribution >= 0.6 is 0 Å². The van der Waals surface area contributed by atoms with Crippen LogP contribution in [-0.4, -0.2) is 51.9 Å². The maximum Gasteiger partial charge on any atom is 0.246 e. The van der Waals surface area contributed by atoms with Crippen molar-refractivity contribution in [2.75, 3.05) is 36.4 Å². The van der Waals surface area contributed by atoms with Gasteiger partial charge in [-0.3, -0.25) is 4.79 Å². The molecular weight excluding hydrogens is 428 g/mol. The van der Waals surface area contributed by atoms with Crippen molar-refractivity contribution in [2.45, 2.75) is 0 Å². The molecule has 0 atom stereocenters. The third kappa shape index (κ3) is 4.66. The molecule has 1 N–H and O–H groups in total. The fourth-order valence-electron chi connectivity index (χ4n) is 3.92. The van der Waals surface area contributed by atoms with Gasteiger partial charge in [0.05, 0.1) is 11.7 Å². The van der Waals surface area contributed by atoms with Gasteiger partial charge in [0, 0.05) is 37.3 Å². The Bertz CT molecular complexity index is 1300. The topological polar surface area (TPSA) is 83.5 Å². The van der Waals surface area contributed by atoms with Gasteiger partial charge in [-0.2, -0.15) is 0 Å². The summed E-state index contributed by atoms with van der Waals surface area (Å²) in [6.45, 7) is 6.42. The van der Waals surface area contributed by atoms with Gasteiger partial charge in [0.1, 0.15) is 29.5 Å². The lowest BCUT2D eigenvalue weighted by Gasteiger charge is -2.35. The number of piperazine rings is 1. The number of carbonyl (C=O) groups is 1. The summed E-state index contributed by atoms with van der Waals surface area (Å²) in [5.74, 6) is 2.72. The number of hydrogen-bond donors (Lipinski definition) is 1. The highest BCUT2D eigenvalue weighted by molar-refractivity contribution is 5.93. The van der Waals surface area contributed by atoms with E-state index in [-0.39, 0.29) is 5.91 Å². The highest BCUT2D eigenvalue weighted by atomic mass is 16.5. The normalized spacial score (nSPS) is 13.5. The highest BCUT2D eigenvalue weighted by Crippen LogP contribution is 2.28. The van der Waals surface area contributed by atoms with E-state index in [1.807, 2.05) is 53.4 Å². The molecule has 1 aliphatic rings. The molecule has 4 aromatic rings. The molecule has 1 aliphatic heterocycles. The van der Waals surface area contributed by atoms with Crippen molar-refractivity contribution in [3.05, 3.63) is 85.8 Å². The summed E-state index contributed by atoms with van der Waals surface area (Å²) in [6.07, 6.45) is 4.58. The van der Waals surface area contributed by atoms with Crippen LogP contribution in [0, 0.1) is 0 Å². The molecule has 0 unspecified atom stereocenters. The Labute approximate surface area is 197 Å². The smallest absolute Gasteiger partial charge is 0.246 e. The Morgan fingerprint density at radius 3 is 2.50 bits per heavy atom. The predicted molar refractivity (Wildman–Crippen MR) is 133 cm³/mol. The number of ether oxygens (including phenoxy) is 1. The van der Waals surface area contributed by atoms with Crippen molar-refractivity contribution >= 4 is 34.1 Å². The van der Waals surface area contributed by atoms with E-state index >= 15 is 0 Å². The first-order valence-corrected chi connectivity index (χ1v) is 11.1. The number of aromatic nitrogens is 3. The van der Waals surface area contributed by atoms with Crippen LogP contribution in [0.3, 0.4) is 0 Å². The first-order valence-electron chi connectivity index (χ1n) is 11.1. The standard InChI is InChI=1S/C26H24N6O2/c1-2-25(33)32-14-12-31(13-15-32)19-8-10-23-22(16-19)26(29-18-28-23)30-24-11-9-21(17-27-24)34-20-6-4-3-5-7-20/h2-11,16-18H,1,12-15H2,(H,27,28,29,30). The minimum Gasteiger partial charge on any atom is -0.456 e. The fourth-order valence-corrected chi connectivity index (χ4v) is 3.92. The van der Waals surface area contributed by atoms with Crippen LogP contribution < -0.4 is 15.0 Å². The van der Waals surface area contributed by atoms with Gasteiger partial charge in [0.2, 0.25) is 5.91 Å². The summed E-state index contributed by atoms with van der Waals surface area (Å²) in [5.41, 5.74) is 1.90. The first kappa shape index (κ1) is 21.4. The lowest BCUT2D eigenvalue weighted by atomic mass is 10.1. The number of nitrogens with one attached hydrogen (secondary N) is 1. The van der Waals surface area contributed by atoms with E-state index in [9.17, 15) is 4.79 Å². The van der Waals surface area contributed by atoms with Gasteiger partial charge in [-0.05, 0) is 48.5 Å². The van der Waals surface area contributed by atoms with Gasteiger partial charge in [-0.1, -0.05) is 24.8 Å². The second-order valence-corrected chi connectivity index (χ2v) is 7.86. The summed E-state index contributed by atoms with van der Waals surface area (Å²) in [6, 6.07) is 19.4. The van der Waals surface area contributed by atoms with Crippen LogP contribution in [0.4, 0.5) is 17.3 Å². The predicted octanol–water partition coefficient (Wildman–Crippen LogP) is 4.40. The monoisotopic (exact) mass is 452 g/mol. The highest BCUT2D eigenvalue weighted by Gasteiger charge is 2.20. The Morgan fingerprint density at radius 1 is 0.941 bits per heavy atom. The van der Waals surface area contributed by atoms with E-state index < -0.39 is 0 Å². The van der Waals surface area contributed by atoms with E-state index in [0.29, 0.717) is 30.5 Å². The van der Waals surface area contributed by atoms with E-state index in [1.165, 1.54) is 12.4 Å². The maximum absolute atomic E-state index is 11.9. The quantitative estimate of drug-likeness (QED) is 0.434. The number of anilines is 3. The zero-order valence-electron chi connectivity index (χ0n) is 18.6. The first-order chi connectivity index (χ1) is 16.7. The van der Waals surface area contributed by atoms with Crippen molar-refractivity contribution in [1.29, 1.82) is 0 Å². The molecule has 0 bridgehead atoms. The van der Waals surface area contributed by atoms with Crippen molar-refractivity contribution in [3.8, 4) is 11.5 Å². The minimum absolute atomic E-state index is 0.0225. The van der Waals surface area contributed by atoms with Gasteiger partial charge in [-0.15, -0.1) is 0 Å². The van der Waals surface area contributed by atoms with Crippen LogP contribution in [-0.2, 0) is 4.79 Å². The number of para-hydroxylation sites is 1. The van der Waals surface area contributed by atoms with Gasteiger partial charge >= 0.3 is 0 Å². The zero-order valence-corrected chi connectivity index (χ0v) is 18.6. The molecule has 2 aromatic heterocycles. The van der Waals surface area contributed by atoms with Crippen LogP contribution in [0.25, 0.3) is 10.9 Å². The molecule has 0 aliphatic carbocycles. The molecule has 0 spiro atoms. The Morgan fingerprint density at radius 2 is 1.76 bits per heavy atom. The van der Waals surface area contributed by atoms with Crippen molar-refractivity contribution < 1.29 is 9.53 Å². The molecule has 2 aromatic carbocycles. The van der Waals surface area contributed by atoms with E-state index in [4.69, 9.17) is 4.74 Å². The second-order valence-electron chi connectivity index (χ2n) is 7.86. The number of fused-ring (bicyclic) bond motifs is 1. The average molecular weight is 453 g/mol. The van der Waals surface area contributed by atoms with Gasteiger partial charge < -0.3 is 19.9 Å². The molecule has 8 heteroatoms. The third-order valence-electron chi connectivity index (χ3n) is 5.71. The molecular formula is C26H24N6O2. The summed E-state index contributed by atoms with van der Waals surface area (Å²) >= 11 is 0. The Kier molecular flexibility index (Phi) is 6.03. The largest absolute Gasteiger partial charge is 0.456 e. The molecule has 0 radical (unpaired) electrons. The van der Waals surface area contributed by atoms with Crippen molar-refractivity contribution in [3.63, 3.8) is 0 Å². The average Bonchev–Trinajstić information content (AvgIpc) is 2.90. The van der Waals surface area contributed by atoms with Crippen LogP contribution in [0.5, 0.6) is 11.5 Å². The molecule has 1 amide bonds. The van der Waals surface area contributed by atoms with Crippen LogP contribution in [0.2, 0.25) is 0 Å². The number of nitrogens with zero attached hydrogens (tertiary/aromatic N) is 5. The summed E-state index contributed by atoms with van der Waals surface area (Å²) in [4.78, 5) is 29.3. The lowest BCUT2D eigenvalue weighted by Crippen LogP contribution is -2.48. The Balaban J connectivity index is 1.33. The number of pyridine rings is 1. The zero-order chi connectivity index (χ0) is 23.3. The summed E-state index contributed by atoms with van der Waals surface area (Å²) < 4.78 is 5.81. The second kappa shape index (κ2) is 9.58. The molecule has 0 saturated carbocycles. The van der Waals surface area contributed by atoms with E-state index in [1.54, 1.807) is 6.20 Å². The number of benzene rings is 2. The molecule has 170 valence electrons. The van der Waals surface area contributed by atoms with Gasteiger partial charge in [-0.25, -0.2) is 15.0 Å². The van der Waals surface area contributed by atoms with Gasteiger partial charge in [0.25, 0.3) is 0 Å². The van der Waals surface area contributed by atoms with Crippen molar-refractivity contribution in [2.24, 2.45) is 0 Å². The van der Waals surface area contributed by atoms with Crippen LogP contribution in [0.1, 0.15) is 0 Å². The van der Waals surface area contributed by atoms with E-state index in [0.717, 1.165) is 35.4 Å². The molecule has 34 heavy (non-hydrogen) atoms. The summed E-state index contributed by atoms with van der Waals surface area (Å²) in [7, 11) is 0. The van der Waals surface area contributed by atoms with Gasteiger partial charge in [0.15, 0.2) is 0 Å². The summed E-state index contributed by atoms with van der Waals surface area (Å²) in [5, 5.41) is 4.20. The molecule has 5 rings (SSSR count). The number of amides is 1. The van der Waals surface area contributed by atoms with Crippen LogP contribution in [0.15, 0.2) is 85.8 Å². The third-order valence-corrected chi connectivity index (χ3v) is 5.71. The fraction of sp³-hybridized carbons (Fsp3) is 0.154. The van der Waals surface area contributed by atoms with E-state index in [2.05, 4.69) is 43.9 Å². The molecule has 3 heterocycles. The SMILES string of the molecule is C=CC(=O)N1CCN(c2ccc3ncnc(Nc4ccc(Oc5ccccc5)cn4)c3c2)CC1. The number of carbonyl (C=O) groups excluding carboxylic acids is 1. The molecule has 1 saturated heterocycles.